The third-order valence-electron chi connectivity index (χ3n) is 5.80. The van der Waals surface area contributed by atoms with Gasteiger partial charge in [0.25, 0.3) is 11.8 Å². The van der Waals surface area contributed by atoms with E-state index in [2.05, 4.69) is 26.6 Å². The Labute approximate surface area is 246 Å². The number of carbonyl (C=O) groups is 4. The van der Waals surface area contributed by atoms with Crippen molar-refractivity contribution in [2.45, 2.75) is 27.8 Å². The molecule has 206 valence electrons. The molecule has 1 fully saturated rings. The molecule has 1 saturated heterocycles. The average Bonchev–Trinajstić information content (AvgIpc) is 2.92. The highest BCUT2D eigenvalue weighted by Crippen LogP contribution is 2.41. The molecule has 1 aromatic carbocycles. The molecule has 2 atom stereocenters. The Morgan fingerprint density at radius 1 is 1.15 bits per heavy atom. The standard InChI is InChI=1S/C25H26BrN5O5S3/c26-16-2-1-3-18(10-16)38-14-20(33)29-21-23(34)31-22(25(35)36)15(13-39-24(21)31)12-37-17-4-8-30(9-5-17)11-19(32)28-7-6-27/h1-5,8-10,21,24H,6-7,11-14,27H2,(H2-,28,29,32,33,35,36)/p+1/t21-,24+/m0/s1. The number of pyridine rings is 1. The smallest absolute Gasteiger partial charge is 0.352 e. The summed E-state index contributed by atoms with van der Waals surface area (Å²) in [5, 5.41) is 15.0. The van der Waals surface area contributed by atoms with Crippen LogP contribution in [0.5, 0.6) is 0 Å². The Balaban J connectivity index is 1.32. The van der Waals surface area contributed by atoms with Gasteiger partial charge in [0.1, 0.15) is 17.1 Å². The van der Waals surface area contributed by atoms with E-state index in [0.717, 1.165) is 14.3 Å². The Bertz CT molecular complexity index is 1290. The molecule has 0 unspecified atom stereocenters. The lowest BCUT2D eigenvalue weighted by atomic mass is 10.0. The number of β-lactam (4-membered cyclic amide) rings is 1. The molecule has 14 heteroatoms. The van der Waals surface area contributed by atoms with E-state index >= 15 is 0 Å². The van der Waals surface area contributed by atoms with Crippen molar-refractivity contribution < 1.29 is 28.9 Å². The third kappa shape index (κ3) is 7.57. The van der Waals surface area contributed by atoms with E-state index in [1.807, 2.05) is 36.4 Å². The predicted molar refractivity (Wildman–Crippen MR) is 154 cm³/mol. The van der Waals surface area contributed by atoms with Gasteiger partial charge in [0.2, 0.25) is 12.5 Å². The maximum absolute atomic E-state index is 12.9. The van der Waals surface area contributed by atoms with Gasteiger partial charge in [-0.3, -0.25) is 19.3 Å². The van der Waals surface area contributed by atoms with Crippen LogP contribution in [-0.4, -0.2) is 75.5 Å². The number of nitrogens with two attached hydrogens (primary N) is 1. The van der Waals surface area contributed by atoms with Crippen LogP contribution in [0.15, 0.2) is 74.3 Å². The fraction of sp³-hybridized carbons (Fsp3) is 0.320. The number of carbonyl (C=O) groups excluding carboxylic acids is 3. The summed E-state index contributed by atoms with van der Waals surface area (Å²) in [4.78, 5) is 52.5. The highest BCUT2D eigenvalue weighted by molar-refractivity contribution is 9.10. The Kier molecular flexibility index (Phi) is 10.4. The van der Waals surface area contributed by atoms with Crippen molar-refractivity contribution in [3.8, 4) is 0 Å². The number of rotatable bonds is 12. The Hall–Kier alpha value is -2.52. The summed E-state index contributed by atoms with van der Waals surface area (Å²) in [5.74, 6) is -0.999. The van der Waals surface area contributed by atoms with Crippen molar-refractivity contribution in [2.24, 2.45) is 5.73 Å². The largest absolute Gasteiger partial charge is 0.477 e. The van der Waals surface area contributed by atoms with Gasteiger partial charge in [-0.2, -0.15) is 4.57 Å². The fourth-order valence-corrected chi connectivity index (χ4v) is 7.65. The van der Waals surface area contributed by atoms with Crippen LogP contribution in [0.2, 0.25) is 0 Å². The molecule has 1 aromatic heterocycles. The van der Waals surface area contributed by atoms with Crippen molar-refractivity contribution in [1.29, 1.82) is 0 Å². The second-order valence-electron chi connectivity index (χ2n) is 8.59. The second kappa shape index (κ2) is 13.7. The summed E-state index contributed by atoms with van der Waals surface area (Å²) in [7, 11) is 0. The monoisotopic (exact) mass is 652 g/mol. The van der Waals surface area contributed by atoms with Gasteiger partial charge < -0.3 is 21.5 Å². The molecule has 0 spiro atoms. The summed E-state index contributed by atoms with van der Waals surface area (Å²) in [6.07, 6.45) is 3.56. The number of nitrogens with one attached hydrogen (secondary N) is 2. The highest BCUT2D eigenvalue weighted by atomic mass is 79.9. The Morgan fingerprint density at radius 2 is 1.92 bits per heavy atom. The summed E-state index contributed by atoms with van der Waals surface area (Å²) < 4.78 is 2.65. The Morgan fingerprint density at radius 3 is 2.62 bits per heavy atom. The highest BCUT2D eigenvalue weighted by Gasteiger charge is 2.54. The van der Waals surface area contributed by atoms with Crippen molar-refractivity contribution in [2.75, 3.05) is 30.3 Å². The molecule has 3 amide bonds. The lowest BCUT2D eigenvalue weighted by molar-refractivity contribution is -0.684. The van der Waals surface area contributed by atoms with Gasteiger partial charge in [-0.1, -0.05) is 22.0 Å². The molecule has 2 aliphatic heterocycles. The number of benzene rings is 1. The van der Waals surface area contributed by atoms with Gasteiger partial charge >= 0.3 is 5.97 Å². The van der Waals surface area contributed by atoms with Crippen LogP contribution in [0, 0.1) is 0 Å². The first-order chi connectivity index (χ1) is 18.8. The van der Waals surface area contributed by atoms with E-state index in [4.69, 9.17) is 5.73 Å². The topological polar surface area (TPSA) is 146 Å². The normalized spacial score (nSPS) is 18.3. The molecular weight excluding hydrogens is 626 g/mol. The van der Waals surface area contributed by atoms with Crippen LogP contribution in [0.1, 0.15) is 0 Å². The molecule has 0 bridgehead atoms. The van der Waals surface area contributed by atoms with Crippen LogP contribution < -0.4 is 20.9 Å². The average molecular weight is 654 g/mol. The number of carboxylic acids is 1. The van der Waals surface area contributed by atoms with Gasteiger partial charge in [-0.15, -0.1) is 35.3 Å². The summed E-state index contributed by atoms with van der Waals surface area (Å²) in [5.41, 5.74) is 6.03. The van der Waals surface area contributed by atoms with E-state index in [0.29, 0.717) is 30.2 Å². The minimum absolute atomic E-state index is 0.00664. The molecule has 5 N–H and O–H groups in total. The number of hydrogen-bond donors (Lipinski definition) is 4. The van der Waals surface area contributed by atoms with Crippen molar-refractivity contribution in [1.82, 2.24) is 15.5 Å². The number of thioether (sulfide) groups is 3. The molecule has 2 aromatic rings. The van der Waals surface area contributed by atoms with Crippen LogP contribution >= 0.6 is 51.2 Å². The van der Waals surface area contributed by atoms with Gasteiger partial charge in [-0.25, -0.2) is 4.79 Å². The number of amides is 3. The number of hydrogen-bond acceptors (Lipinski definition) is 8. The van der Waals surface area contributed by atoms with Gasteiger partial charge in [0.05, 0.1) is 5.75 Å². The number of fused-ring (bicyclic) bond motifs is 1. The SMILES string of the molecule is NCCNC(=O)C[n+]1ccc(SCC2=C(C(=O)O)N3C(=O)[C@H](NC(=O)CSc4cccc(Br)c4)[C@H]3SC2)cc1. The van der Waals surface area contributed by atoms with Crippen LogP contribution in [0.3, 0.4) is 0 Å². The van der Waals surface area contributed by atoms with Crippen LogP contribution in [0.25, 0.3) is 0 Å². The molecule has 10 nitrogen and oxygen atoms in total. The number of aliphatic carboxylic acids is 1. The quantitative estimate of drug-likeness (QED) is 0.152. The zero-order chi connectivity index (χ0) is 27.9. The first kappa shape index (κ1) is 29.5. The first-order valence-electron chi connectivity index (χ1n) is 11.9. The van der Waals surface area contributed by atoms with Gasteiger partial charge in [-0.05, 0) is 23.8 Å². The van der Waals surface area contributed by atoms with Gasteiger partial charge in [0, 0.05) is 51.0 Å². The van der Waals surface area contributed by atoms with E-state index < -0.39 is 23.3 Å². The van der Waals surface area contributed by atoms with E-state index in [-0.39, 0.29) is 29.8 Å². The summed E-state index contributed by atoms with van der Waals surface area (Å²) in [6.45, 7) is 0.976. The number of halogens is 1. The summed E-state index contributed by atoms with van der Waals surface area (Å²) >= 11 is 7.67. The van der Waals surface area contributed by atoms with Crippen LogP contribution in [0.4, 0.5) is 0 Å². The zero-order valence-corrected chi connectivity index (χ0v) is 24.7. The van der Waals surface area contributed by atoms with Crippen molar-refractivity contribution in [3.63, 3.8) is 0 Å². The minimum atomic E-state index is -1.16. The van der Waals surface area contributed by atoms with Crippen LogP contribution in [-0.2, 0) is 25.7 Å². The van der Waals surface area contributed by atoms with Gasteiger partial charge in [0.15, 0.2) is 12.4 Å². The maximum Gasteiger partial charge on any atom is 0.352 e. The molecule has 4 rings (SSSR count). The molecule has 39 heavy (non-hydrogen) atoms. The summed E-state index contributed by atoms with van der Waals surface area (Å²) in [6, 6.07) is 10.5. The molecule has 2 aliphatic rings. The number of aromatic nitrogens is 1. The predicted octanol–water partition coefficient (Wildman–Crippen LogP) is 1.43. The van der Waals surface area contributed by atoms with E-state index in [1.165, 1.54) is 40.2 Å². The molecule has 3 heterocycles. The van der Waals surface area contributed by atoms with Crippen molar-refractivity contribution >= 4 is 74.9 Å². The third-order valence-corrected chi connectivity index (χ3v) is 9.72. The first-order valence-corrected chi connectivity index (χ1v) is 15.7. The number of nitrogens with zero attached hydrogens (tertiary/aromatic N) is 2. The zero-order valence-electron chi connectivity index (χ0n) is 20.7. The molecule has 0 aliphatic carbocycles. The lowest BCUT2D eigenvalue weighted by Gasteiger charge is -2.49. The maximum atomic E-state index is 12.9. The second-order valence-corrected chi connectivity index (χ2v) is 12.7. The lowest BCUT2D eigenvalue weighted by Crippen LogP contribution is -2.70. The van der Waals surface area contributed by atoms with E-state index in [1.54, 1.807) is 17.0 Å². The van der Waals surface area contributed by atoms with E-state index in [9.17, 15) is 24.3 Å². The van der Waals surface area contributed by atoms with Crippen molar-refractivity contribution in [3.05, 3.63) is 64.5 Å². The minimum Gasteiger partial charge on any atom is -0.477 e. The molecule has 0 radical (unpaired) electrons. The molecular formula is C25H27BrN5O5S3+. The fourth-order valence-electron chi connectivity index (χ4n) is 3.96. The molecule has 0 saturated carbocycles. The number of carboxylic acid groups (broad SMARTS) is 1.